The highest BCUT2D eigenvalue weighted by atomic mass is 16.6. The van der Waals surface area contributed by atoms with E-state index in [0.717, 1.165) is 11.2 Å². The zero-order valence-electron chi connectivity index (χ0n) is 15.2. The summed E-state index contributed by atoms with van der Waals surface area (Å²) >= 11 is 0. The maximum atomic E-state index is 13.0. The number of hydrogen-bond donors (Lipinski definition) is 1. The number of benzene rings is 2. The topological polar surface area (TPSA) is 94.4 Å². The summed E-state index contributed by atoms with van der Waals surface area (Å²) in [5.41, 5.74) is 2.08. The van der Waals surface area contributed by atoms with Gasteiger partial charge in [-0.15, -0.1) is 0 Å². The van der Waals surface area contributed by atoms with E-state index in [1.54, 1.807) is 6.07 Å². The molecular formula is C20H19N3O4. The summed E-state index contributed by atoms with van der Waals surface area (Å²) in [6, 6.07) is 13.2. The summed E-state index contributed by atoms with van der Waals surface area (Å²) < 4.78 is 5.22. The standard InChI is InChI=1S/C20H19N3O4/c1-12(2)17-11-15(14-6-4-5-7-16(14)21-17)20(24)22-18-10-13(23(25)26)8-9-19(18)27-3/h4-12H,1-3H3,(H,22,24). The van der Waals surface area contributed by atoms with Gasteiger partial charge in [-0.25, -0.2) is 0 Å². The van der Waals surface area contributed by atoms with Crippen molar-refractivity contribution in [1.82, 2.24) is 4.98 Å². The molecule has 0 spiro atoms. The molecule has 1 N–H and O–H groups in total. The Labute approximate surface area is 156 Å². The van der Waals surface area contributed by atoms with Gasteiger partial charge in [-0.05, 0) is 24.1 Å². The number of nitro groups is 1. The summed E-state index contributed by atoms with van der Waals surface area (Å²) in [5.74, 6) is 0.110. The Morgan fingerprint density at radius 1 is 1.19 bits per heavy atom. The van der Waals surface area contributed by atoms with E-state index in [9.17, 15) is 14.9 Å². The van der Waals surface area contributed by atoms with E-state index in [-0.39, 0.29) is 23.2 Å². The van der Waals surface area contributed by atoms with Crippen LogP contribution in [0.5, 0.6) is 5.75 Å². The summed E-state index contributed by atoms with van der Waals surface area (Å²) in [4.78, 5) is 28.1. The number of non-ortho nitro benzene ring substituents is 1. The first-order valence-electron chi connectivity index (χ1n) is 8.44. The molecule has 0 saturated carbocycles. The van der Waals surface area contributed by atoms with E-state index >= 15 is 0 Å². The van der Waals surface area contributed by atoms with Gasteiger partial charge in [0.15, 0.2) is 0 Å². The lowest BCUT2D eigenvalue weighted by molar-refractivity contribution is -0.384. The maximum Gasteiger partial charge on any atom is 0.271 e. The van der Waals surface area contributed by atoms with Crippen LogP contribution in [-0.4, -0.2) is 22.9 Å². The number of carbonyl (C=O) groups is 1. The van der Waals surface area contributed by atoms with Crippen molar-refractivity contribution in [1.29, 1.82) is 0 Å². The van der Waals surface area contributed by atoms with Gasteiger partial charge in [0.25, 0.3) is 11.6 Å². The van der Waals surface area contributed by atoms with E-state index in [1.807, 2.05) is 38.1 Å². The molecule has 0 saturated heterocycles. The molecule has 7 nitrogen and oxygen atoms in total. The number of anilines is 1. The second kappa shape index (κ2) is 7.41. The Bertz CT molecular complexity index is 1030. The van der Waals surface area contributed by atoms with Crippen molar-refractivity contribution in [2.24, 2.45) is 0 Å². The number of ether oxygens (including phenoxy) is 1. The van der Waals surface area contributed by atoms with Crippen LogP contribution >= 0.6 is 0 Å². The van der Waals surface area contributed by atoms with Crippen molar-refractivity contribution in [3.63, 3.8) is 0 Å². The molecule has 0 bridgehead atoms. The molecule has 0 aliphatic heterocycles. The Kier molecular flexibility index (Phi) is 5.03. The number of carbonyl (C=O) groups excluding carboxylic acids is 1. The number of pyridine rings is 1. The van der Waals surface area contributed by atoms with Crippen LogP contribution in [0.2, 0.25) is 0 Å². The van der Waals surface area contributed by atoms with Gasteiger partial charge >= 0.3 is 0 Å². The van der Waals surface area contributed by atoms with Gasteiger partial charge in [0, 0.05) is 23.2 Å². The van der Waals surface area contributed by atoms with Crippen molar-refractivity contribution < 1.29 is 14.5 Å². The number of fused-ring (bicyclic) bond motifs is 1. The number of nitrogens with one attached hydrogen (secondary N) is 1. The first kappa shape index (κ1) is 18.3. The quantitative estimate of drug-likeness (QED) is 0.529. The molecule has 3 aromatic rings. The Morgan fingerprint density at radius 3 is 2.59 bits per heavy atom. The Morgan fingerprint density at radius 2 is 1.93 bits per heavy atom. The van der Waals surface area contributed by atoms with Crippen LogP contribution < -0.4 is 10.1 Å². The molecule has 2 aromatic carbocycles. The van der Waals surface area contributed by atoms with Gasteiger partial charge in [-0.1, -0.05) is 32.0 Å². The molecule has 7 heteroatoms. The number of nitrogens with zero attached hydrogens (tertiary/aromatic N) is 2. The second-order valence-electron chi connectivity index (χ2n) is 6.36. The molecule has 27 heavy (non-hydrogen) atoms. The monoisotopic (exact) mass is 365 g/mol. The molecule has 0 fully saturated rings. The van der Waals surface area contributed by atoms with Gasteiger partial charge in [-0.3, -0.25) is 19.9 Å². The number of nitro benzene ring substituents is 1. The SMILES string of the molecule is COc1ccc([N+](=O)[O-])cc1NC(=O)c1cc(C(C)C)nc2ccccc12. The highest BCUT2D eigenvalue weighted by Crippen LogP contribution is 2.30. The second-order valence-corrected chi connectivity index (χ2v) is 6.36. The minimum Gasteiger partial charge on any atom is -0.495 e. The number of hydrogen-bond acceptors (Lipinski definition) is 5. The van der Waals surface area contributed by atoms with Crippen LogP contribution in [0.15, 0.2) is 48.5 Å². The van der Waals surface area contributed by atoms with Crippen LogP contribution in [0.3, 0.4) is 0 Å². The average molecular weight is 365 g/mol. The lowest BCUT2D eigenvalue weighted by Crippen LogP contribution is -2.14. The van der Waals surface area contributed by atoms with E-state index in [2.05, 4.69) is 10.3 Å². The van der Waals surface area contributed by atoms with Gasteiger partial charge in [0.1, 0.15) is 5.75 Å². The predicted molar refractivity (Wildman–Crippen MR) is 103 cm³/mol. The third kappa shape index (κ3) is 3.72. The summed E-state index contributed by atoms with van der Waals surface area (Å²) in [6.07, 6.45) is 0. The third-order valence-electron chi connectivity index (χ3n) is 4.21. The summed E-state index contributed by atoms with van der Waals surface area (Å²) in [6.45, 7) is 4.00. The van der Waals surface area contributed by atoms with Crippen LogP contribution in [0.1, 0.15) is 35.8 Å². The van der Waals surface area contributed by atoms with Crippen LogP contribution in [0.4, 0.5) is 11.4 Å². The zero-order chi connectivity index (χ0) is 19.6. The van der Waals surface area contributed by atoms with E-state index < -0.39 is 4.92 Å². The lowest BCUT2D eigenvalue weighted by Gasteiger charge is -2.13. The molecule has 1 aromatic heterocycles. The van der Waals surface area contributed by atoms with Crippen molar-refractivity contribution >= 4 is 28.2 Å². The minimum atomic E-state index is -0.520. The molecule has 1 amide bonds. The summed E-state index contributed by atoms with van der Waals surface area (Å²) in [5, 5.41) is 14.5. The number of rotatable bonds is 5. The van der Waals surface area contributed by atoms with Crippen LogP contribution in [0, 0.1) is 10.1 Å². The largest absolute Gasteiger partial charge is 0.495 e. The van der Waals surface area contributed by atoms with Crippen molar-refractivity contribution in [2.75, 3.05) is 12.4 Å². The number of methoxy groups -OCH3 is 1. The zero-order valence-corrected chi connectivity index (χ0v) is 15.2. The first-order valence-corrected chi connectivity index (χ1v) is 8.44. The molecule has 138 valence electrons. The molecule has 0 aliphatic carbocycles. The van der Waals surface area contributed by atoms with Crippen LogP contribution in [0.25, 0.3) is 10.9 Å². The van der Waals surface area contributed by atoms with Crippen molar-refractivity contribution in [3.8, 4) is 5.75 Å². The van der Waals surface area contributed by atoms with Gasteiger partial charge in [0.2, 0.25) is 0 Å². The molecule has 0 atom stereocenters. The highest BCUT2D eigenvalue weighted by Gasteiger charge is 2.18. The fourth-order valence-corrected chi connectivity index (χ4v) is 2.78. The number of para-hydroxylation sites is 1. The smallest absolute Gasteiger partial charge is 0.271 e. The average Bonchev–Trinajstić information content (AvgIpc) is 2.66. The van der Waals surface area contributed by atoms with E-state index in [1.165, 1.54) is 25.3 Å². The van der Waals surface area contributed by atoms with Gasteiger partial charge in [-0.2, -0.15) is 0 Å². The normalized spacial score (nSPS) is 10.8. The molecule has 0 aliphatic rings. The van der Waals surface area contributed by atoms with Gasteiger partial charge in [0.05, 0.1) is 28.8 Å². The van der Waals surface area contributed by atoms with Crippen molar-refractivity contribution in [2.45, 2.75) is 19.8 Å². The number of amides is 1. The fraction of sp³-hybridized carbons (Fsp3) is 0.200. The van der Waals surface area contributed by atoms with Crippen molar-refractivity contribution in [3.05, 3.63) is 69.9 Å². The Hall–Kier alpha value is -3.48. The molecule has 0 radical (unpaired) electrons. The lowest BCUT2D eigenvalue weighted by atomic mass is 10.0. The molecule has 1 heterocycles. The number of aromatic nitrogens is 1. The minimum absolute atomic E-state index is 0.131. The summed E-state index contributed by atoms with van der Waals surface area (Å²) in [7, 11) is 1.44. The highest BCUT2D eigenvalue weighted by molar-refractivity contribution is 6.13. The molecule has 3 rings (SSSR count). The Balaban J connectivity index is 2.07. The van der Waals surface area contributed by atoms with Crippen LogP contribution in [-0.2, 0) is 0 Å². The first-order chi connectivity index (χ1) is 12.9. The fourth-order valence-electron chi connectivity index (χ4n) is 2.78. The molecule has 0 unspecified atom stereocenters. The molecular weight excluding hydrogens is 346 g/mol. The van der Waals surface area contributed by atoms with Gasteiger partial charge < -0.3 is 10.1 Å². The van der Waals surface area contributed by atoms with E-state index in [0.29, 0.717) is 16.7 Å². The van der Waals surface area contributed by atoms with E-state index in [4.69, 9.17) is 4.74 Å². The maximum absolute atomic E-state index is 13.0. The predicted octanol–water partition coefficient (Wildman–Crippen LogP) is 4.53. The third-order valence-corrected chi connectivity index (χ3v) is 4.21.